The molecule has 0 saturated heterocycles. The van der Waals surface area contributed by atoms with Gasteiger partial charge in [-0.25, -0.2) is 0 Å². The Hall–Kier alpha value is -1.95. The van der Waals surface area contributed by atoms with E-state index in [1.165, 1.54) is 70.6 Å². The highest BCUT2D eigenvalue weighted by Crippen LogP contribution is 2.14. The molecule has 43 heavy (non-hydrogen) atoms. The predicted octanol–water partition coefficient (Wildman–Crippen LogP) is 9.20. The highest BCUT2D eigenvalue weighted by Gasteiger charge is 2.20. The molecule has 1 amide bonds. The van der Waals surface area contributed by atoms with Crippen LogP contribution in [0.15, 0.2) is 60.8 Å². The predicted molar refractivity (Wildman–Crippen MR) is 185 cm³/mol. The minimum atomic E-state index is -0.735. The Morgan fingerprint density at radius 2 is 1.14 bits per heavy atom. The zero-order chi connectivity index (χ0) is 31.6. The van der Waals surface area contributed by atoms with E-state index >= 15 is 0 Å². The van der Waals surface area contributed by atoms with E-state index in [1.54, 1.807) is 6.08 Å². The number of hydrogen-bond acceptors (Lipinski definition) is 4. The number of aliphatic hydroxyl groups is 3. The molecule has 1 unspecified atom stereocenters. The molecule has 0 aliphatic heterocycles. The van der Waals surface area contributed by atoms with E-state index in [9.17, 15) is 20.1 Å². The SMILES string of the molecule is CC/C=C\C/C=C\C/C=C\C/C=C\C=C\C(O)CCCC(=O)N[C@@H](CO)[C@H](O)CCCCCCCCCCCCCCC. The number of nitrogens with one attached hydrogen (secondary N) is 1. The molecule has 0 radical (unpaired) electrons. The number of carbonyl (C=O) groups is 1. The molecule has 0 rings (SSSR count). The lowest BCUT2D eigenvalue weighted by atomic mass is 10.0. The Kier molecular flexibility index (Phi) is 31.5. The largest absolute Gasteiger partial charge is 0.394 e. The molecular weight excluding hydrogens is 534 g/mol. The lowest BCUT2D eigenvalue weighted by molar-refractivity contribution is -0.123. The summed E-state index contributed by atoms with van der Waals surface area (Å²) in [6, 6.07) is -0.632. The van der Waals surface area contributed by atoms with Crippen LogP contribution in [0.2, 0.25) is 0 Å². The summed E-state index contributed by atoms with van der Waals surface area (Å²) in [5.74, 6) is -0.196. The Bertz CT molecular complexity index is 755. The second-order valence-electron chi connectivity index (χ2n) is 11.8. The fourth-order valence-corrected chi connectivity index (χ4v) is 4.92. The average Bonchev–Trinajstić information content (AvgIpc) is 3.00. The lowest BCUT2D eigenvalue weighted by Gasteiger charge is -2.22. The number of amides is 1. The molecule has 248 valence electrons. The van der Waals surface area contributed by atoms with Gasteiger partial charge in [-0.05, 0) is 44.9 Å². The molecule has 0 aromatic heterocycles. The number of allylic oxidation sites excluding steroid dienone is 9. The standard InChI is InChI=1S/C38H67NO4/c1-3-5-7-9-11-13-15-17-19-21-23-25-27-30-35(41)31-29-33-38(43)39-36(34-40)37(42)32-28-26-24-22-20-18-16-14-12-10-8-6-4-2/h5,7,11,13,17,19,23,25,27,30,35-37,40-42H,3-4,6,8-10,12,14-16,18,20-22,24,26,28-29,31-34H2,1-2H3,(H,39,43)/b7-5-,13-11-,19-17-,25-23-,30-27+/t35?,36-,37+/m0/s1. The number of carbonyl (C=O) groups excluding carboxylic acids is 1. The fourth-order valence-electron chi connectivity index (χ4n) is 4.92. The first-order valence-electron chi connectivity index (χ1n) is 17.6. The van der Waals surface area contributed by atoms with Gasteiger partial charge in [0.2, 0.25) is 5.91 Å². The maximum atomic E-state index is 12.3. The van der Waals surface area contributed by atoms with Gasteiger partial charge in [0.25, 0.3) is 0 Å². The fraction of sp³-hybridized carbons (Fsp3) is 0.711. The van der Waals surface area contributed by atoms with Crippen molar-refractivity contribution in [2.45, 2.75) is 167 Å². The van der Waals surface area contributed by atoms with Crippen LogP contribution in [0.5, 0.6) is 0 Å². The Morgan fingerprint density at radius 3 is 1.67 bits per heavy atom. The van der Waals surface area contributed by atoms with E-state index in [1.807, 2.05) is 18.2 Å². The average molecular weight is 602 g/mol. The van der Waals surface area contributed by atoms with Crippen LogP contribution in [0.1, 0.15) is 149 Å². The van der Waals surface area contributed by atoms with Crippen molar-refractivity contribution in [1.82, 2.24) is 5.32 Å². The van der Waals surface area contributed by atoms with Crippen molar-refractivity contribution >= 4 is 5.91 Å². The van der Waals surface area contributed by atoms with Crippen LogP contribution in [0.25, 0.3) is 0 Å². The normalized spacial score (nSPS) is 14.6. The van der Waals surface area contributed by atoms with Gasteiger partial charge in [-0.15, -0.1) is 0 Å². The van der Waals surface area contributed by atoms with Gasteiger partial charge in [0, 0.05) is 6.42 Å². The third-order valence-corrected chi connectivity index (χ3v) is 7.65. The summed E-state index contributed by atoms with van der Waals surface area (Å²) in [7, 11) is 0. The molecule has 0 bridgehead atoms. The number of hydrogen-bond donors (Lipinski definition) is 4. The van der Waals surface area contributed by atoms with Gasteiger partial charge in [0.15, 0.2) is 0 Å². The summed E-state index contributed by atoms with van der Waals surface area (Å²) in [6.45, 7) is 4.12. The second kappa shape index (κ2) is 33.0. The zero-order valence-electron chi connectivity index (χ0n) is 27.8. The molecule has 0 aliphatic carbocycles. The summed E-state index contributed by atoms with van der Waals surface area (Å²) in [4.78, 5) is 12.3. The molecule has 0 aromatic carbocycles. The van der Waals surface area contributed by atoms with E-state index in [0.717, 1.165) is 38.5 Å². The third-order valence-electron chi connectivity index (χ3n) is 7.65. The number of aliphatic hydroxyl groups excluding tert-OH is 3. The minimum Gasteiger partial charge on any atom is -0.394 e. The summed E-state index contributed by atoms with van der Waals surface area (Å²) < 4.78 is 0. The zero-order valence-corrected chi connectivity index (χ0v) is 27.8. The van der Waals surface area contributed by atoms with Crippen molar-refractivity contribution in [3.63, 3.8) is 0 Å². The highest BCUT2D eigenvalue weighted by molar-refractivity contribution is 5.76. The van der Waals surface area contributed by atoms with Crippen molar-refractivity contribution in [1.29, 1.82) is 0 Å². The molecule has 5 nitrogen and oxygen atoms in total. The van der Waals surface area contributed by atoms with E-state index in [0.29, 0.717) is 19.3 Å². The van der Waals surface area contributed by atoms with Gasteiger partial charge in [-0.1, -0.05) is 158 Å². The van der Waals surface area contributed by atoms with Gasteiger partial charge < -0.3 is 20.6 Å². The summed E-state index contributed by atoms with van der Waals surface area (Å²) in [5, 5.41) is 33.0. The van der Waals surface area contributed by atoms with Gasteiger partial charge in [0.05, 0.1) is 24.9 Å². The Balaban J connectivity index is 3.86. The van der Waals surface area contributed by atoms with Crippen LogP contribution in [0.4, 0.5) is 0 Å². The lowest BCUT2D eigenvalue weighted by Crippen LogP contribution is -2.45. The molecule has 0 saturated carbocycles. The van der Waals surface area contributed by atoms with Crippen LogP contribution in [0.3, 0.4) is 0 Å². The topological polar surface area (TPSA) is 89.8 Å². The van der Waals surface area contributed by atoms with Crippen molar-refractivity contribution in [3.8, 4) is 0 Å². The minimum absolute atomic E-state index is 0.196. The van der Waals surface area contributed by atoms with Gasteiger partial charge in [-0.2, -0.15) is 0 Å². The molecule has 0 aliphatic rings. The maximum Gasteiger partial charge on any atom is 0.220 e. The third kappa shape index (κ3) is 29.9. The quantitative estimate of drug-likeness (QED) is 0.0375. The highest BCUT2D eigenvalue weighted by atomic mass is 16.3. The van der Waals surface area contributed by atoms with Crippen molar-refractivity contribution in [2.24, 2.45) is 0 Å². The number of unbranched alkanes of at least 4 members (excludes halogenated alkanes) is 12. The molecule has 4 N–H and O–H groups in total. The van der Waals surface area contributed by atoms with E-state index < -0.39 is 18.2 Å². The Labute approximate surface area is 265 Å². The van der Waals surface area contributed by atoms with Crippen LogP contribution in [-0.2, 0) is 4.79 Å². The van der Waals surface area contributed by atoms with E-state index in [-0.39, 0.29) is 18.9 Å². The summed E-state index contributed by atoms with van der Waals surface area (Å²) in [6.07, 6.45) is 41.5. The maximum absolute atomic E-state index is 12.3. The van der Waals surface area contributed by atoms with Crippen molar-refractivity contribution in [3.05, 3.63) is 60.8 Å². The number of rotatable bonds is 30. The van der Waals surface area contributed by atoms with E-state index in [2.05, 4.69) is 55.6 Å². The molecule has 0 spiro atoms. The molecular formula is C38H67NO4. The van der Waals surface area contributed by atoms with Crippen LogP contribution in [-0.4, -0.2) is 46.1 Å². The van der Waals surface area contributed by atoms with Gasteiger partial charge in [0.1, 0.15) is 0 Å². The van der Waals surface area contributed by atoms with Gasteiger partial charge >= 0.3 is 0 Å². The first kappa shape index (κ1) is 41.0. The van der Waals surface area contributed by atoms with E-state index in [4.69, 9.17) is 0 Å². The molecule has 5 heteroatoms. The summed E-state index contributed by atoms with van der Waals surface area (Å²) in [5.41, 5.74) is 0. The first-order valence-corrected chi connectivity index (χ1v) is 17.6. The van der Waals surface area contributed by atoms with Crippen molar-refractivity contribution < 1.29 is 20.1 Å². The van der Waals surface area contributed by atoms with Crippen molar-refractivity contribution in [2.75, 3.05) is 6.61 Å². The smallest absolute Gasteiger partial charge is 0.220 e. The first-order chi connectivity index (χ1) is 21.0. The Morgan fingerprint density at radius 1 is 0.628 bits per heavy atom. The molecule has 0 heterocycles. The molecule has 3 atom stereocenters. The van der Waals surface area contributed by atoms with Crippen LogP contribution < -0.4 is 5.32 Å². The second-order valence-corrected chi connectivity index (χ2v) is 11.8. The van der Waals surface area contributed by atoms with Gasteiger partial charge in [-0.3, -0.25) is 4.79 Å². The molecule has 0 fully saturated rings. The molecule has 0 aromatic rings. The van der Waals surface area contributed by atoms with Crippen LogP contribution >= 0.6 is 0 Å². The summed E-state index contributed by atoms with van der Waals surface area (Å²) >= 11 is 0. The van der Waals surface area contributed by atoms with Crippen LogP contribution in [0, 0.1) is 0 Å². The monoisotopic (exact) mass is 602 g/mol.